The Labute approximate surface area is 650 Å². The third-order valence-corrected chi connectivity index (χ3v) is 22.2. The van der Waals surface area contributed by atoms with Crippen LogP contribution in [0.2, 0.25) is 0 Å². The maximum absolute atomic E-state index is 5.47. The first-order valence-electron chi connectivity index (χ1n) is 41.9. The summed E-state index contributed by atoms with van der Waals surface area (Å²) in [6.45, 7) is 75.4. The summed E-state index contributed by atoms with van der Waals surface area (Å²) < 4.78 is 10.9. The van der Waals surface area contributed by atoms with Gasteiger partial charge >= 0.3 is 0 Å². The fourth-order valence-corrected chi connectivity index (χ4v) is 16.5. The van der Waals surface area contributed by atoms with Crippen LogP contribution < -0.4 is 0 Å². The van der Waals surface area contributed by atoms with E-state index in [2.05, 4.69) is 333 Å². The van der Waals surface area contributed by atoms with Crippen LogP contribution >= 0.6 is 11.3 Å². The molecule has 5 nitrogen and oxygen atoms in total. The van der Waals surface area contributed by atoms with Crippen molar-refractivity contribution in [3.05, 3.63) is 154 Å². The lowest BCUT2D eigenvalue weighted by atomic mass is 9.74. The minimum Gasteiger partial charge on any atom is -0.469 e. The molecule has 0 amide bonds. The number of hydrogen-bond donors (Lipinski definition) is 0. The summed E-state index contributed by atoms with van der Waals surface area (Å²) in [6, 6.07) is 12.6. The molecule has 0 radical (unpaired) electrons. The average molecular weight is 1450 g/mol. The van der Waals surface area contributed by atoms with Crippen LogP contribution in [0.25, 0.3) is 0 Å². The molecule has 5 aliphatic rings. The van der Waals surface area contributed by atoms with Crippen LogP contribution in [0.15, 0.2) is 161 Å². The fourth-order valence-electron chi connectivity index (χ4n) is 15.4. The van der Waals surface area contributed by atoms with Crippen molar-refractivity contribution in [2.75, 3.05) is 13.1 Å². The van der Waals surface area contributed by atoms with E-state index in [9.17, 15) is 0 Å². The zero-order valence-corrected chi connectivity index (χ0v) is 75.0. The van der Waals surface area contributed by atoms with Crippen LogP contribution in [0.4, 0.5) is 0 Å². The molecule has 0 aromatic carbocycles. The van der Waals surface area contributed by atoms with Crippen LogP contribution in [0.1, 0.15) is 378 Å². The lowest BCUT2D eigenvalue weighted by molar-refractivity contribution is 0.261. The van der Waals surface area contributed by atoms with Crippen molar-refractivity contribution in [3.8, 4) is 0 Å². The number of hydrogen-bond acceptors (Lipinski definition) is 6. The molecule has 0 N–H and O–H groups in total. The summed E-state index contributed by atoms with van der Waals surface area (Å²) in [5, 5.41) is 2.18. The second-order valence-corrected chi connectivity index (χ2v) is 39.9. The summed E-state index contributed by atoms with van der Waals surface area (Å²) in [4.78, 5) is 14.8. The van der Waals surface area contributed by atoms with Crippen LogP contribution in [-0.2, 0) is 0 Å². The van der Waals surface area contributed by atoms with Gasteiger partial charge in [-0.1, -0.05) is 334 Å². The topological polar surface area (TPSA) is 63.4 Å². The summed E-state index contributed by atoms with van der Waals surface area (Å²) in [6.07, 6.45) is 53.9. The molecule has 0 saturated heterocycles. The van der Waals surface area contributed by atoms with Crippen molar-refractivity contribution in [2.45, 2.75) is 361 Å². The Morgan fingerprint density at radius 2 is 0.721 bits per heavy atom. The minimum atomic E-state index is 0.299. The van der Waals surface area contributed by atoms with Crippen molar-refractivity contribution in [2.24, 2.45) is 87.9 Å². The van der Waals surface area contributed by atoms with Gasteiger partial charge in [-0.25, -0.2) is 0 Å². The van der Waals surface area contributed by atoms with E-state index in [1.807, 2.05) is 29.7 Å². The van der Waals surface area contributed by atoms with E-state index >= 15 is 0 Å². The van der Waals surface area contributed by atoms with E-state index in [4.69, 9.17) is 8.83 Å². The first-order valence-corrected chi connectivity index (χ1v) is 42.8. The van der Waals surface area contributed by atoms with Crippen molar-refractivity contribution in [3.63, 3.8) is 0 Å². The maximum Gasteiger partial charge on any atom is 0.107 e. The molecule has 0 saturated carbocycles. The lowest BCUT2D eigenvalue weighted by Crippen LogP contribution is -2.26. The Morgan fingerprint density at radius 1 is 0.356 bits per heavy atom. The Kier molecular flexibility index (Phi) is 45.1. The quantitative estimate of drug-likeness (QED) is 0.0897. The van der Waals surface area contributed by atoms with Gasteiger partial charge in [0.1, 0.15) is 11.5 Å². The molecule has 0 fully saturated rings. The number of furan rings is 2. The van der Waals surface area contributed by atoms with Crippen LogP contribution in [0, 0.1) is 72.9 Å². The normalized spacial score (nSPS) is 17.2. The van der Waals surface area contributed by atoms with Crippen LogP contribution in [0.3, 0.4) is 0 Å². The third-order valence-electron chi connectivity index (χ3n) is 21.2. The highest BCUT2D eigenvalue weighted by molar-refractivity contribution is 7.10. The molecular weight excluding hydrogens is 1280 g/mol. The second kappa shape index (κ2) is 48.1. The van der Waals surface area contributed by atoms with Crippen molar-refractivity contribution in [1.82, 2.24) is 0 Å². The predicted molar refractivity (Wildman–Crippen MR) is 470 cm³/mol. The summed E-state index contributed by atoms with van der Waals surface area (Å²) in [7, 11) is 0. The SMILES string of the molecule is CCCC(C1=CCC=C1)C(C)(C)C.CCCC(C1=CCC=C1)C(C)(C)C.CCCC(C1=CCC=N1)C(C)(C)C.CCCC(C1=CCN=C1)C(C)(C)C.CCCC(C1=NCC=C1)C(C)(C)C.CCCC(c1ccco1)C(C)(C)C.CCCC(c1ccco1)C(C)(C)C.CCCC(c1cccs1)C(C)(C)C. The highest BCUT2D eigenvalue weighted by Gasteiger charge is 2.33. The largest absolute Gasteiger partial charge is 0.469 e. The van der Waals surface area contributed by atoms with E-state index in [1.165, 1.54) is 120 Å². The monoisotopic (exact) mass is 1450 g/mol. The molecule has 6 heteroatoms. The molecule has 0 bridgehead atoms. The third kappa shape index (κ3) is 37.5. The van der Waals surface area contributed by atoms with Gasteiger partial charge in [0.2, 0.25) is 0 Å². The lowest BCUT2D eigenvalue weighted by Gasteiger charge is -2.31. The number of rotatable bonds is 24. The Morgan fingerprint density at radius 3 is 1.00 bits per heavy atom. The van der Waals surface area contributed by atoms with Gasteiger partial charge < -0.3 is 8.83 Å². The van der Waals surface area contributed by atoms with Gasteiger partial charge in [0.05, 0.1) is 25.6 Å². The van der Waals surface area contributed by atoms with Crippen molar-refractivity contribution < 1.29 is 8.83 Å². The standard InChI is InChI=1S/2C13H22.3C12H21N.2C12H20O.C12H20S/c2*1-5-8-12(13(2,3)4)11-9-6-7-10-11;2*1-5-7-10(12(2,3)4)11-8-6-9-13-11;1-5-6-11(12(2,3)4)10-7-8-13-9-10;3*1-5-7-10(12(2,3)4)11-8-6-9-13-11/h2*6,9-10,12H,5,7-8H2,1-4H3;8-10H,5-7H2,1-4H3;6,8,10H,5,7,9H2,1-4H3;7,9,11H,5-6,8H2,1-4H3;3*6,8-10H,5,7H2,1-4H3. The van der Waals surface area contributed by atoms with Gasteiger partial charge in [-0.2, -0.15) is 0 Å². The summed E-state index contributed by atoms with van der Waals surface area (Å²) >= 11 is 1.90. The molecular formula is C98H167N3O2S. The first kappa shape index (κ1) is 97.5. The van der Waals surface area contributed by atoms with E-state index in [0.29, 0.717) is 72.9 Å². The van der Waals surface area contributed by atoms with Gasteiger partial charge in [-0.05, 0) is 190 Å². The molecule has 8 atom stereocenters. The fraction of sp³-hybridized carbons (Fsp3) is 0.704. The Balaban J connectivity index is 0.000000594. The molecule has 0 spiro atoms. The highest BCUT2D eigenvalue weighted by atomic mass is 32.1. The second-order valence-electron chi connectivity index (χ2n) is 38.9. The zero-order chi connectivity index (χ0) is 79.2. The van der Waals surface area contributed by atoms with Crippen LogP contribution in [0.5, 0.6) is 0 Å². The maximum atomic E-state index is 5.47. The van der Waals surface area contributed by atoms with Crippen LogP contribution in [-0.4, -0.2) is 31.2 Å². The molecule has 8 unspecified atom stereocenters. The molecule has 3 aromatic rings. The minimum absolute atomic E-state index is 0.299. The average Bonchev–Trinajstić information content (AvgIpc) is 1.15. The van der Waals surface area contributed by atoms with Gasteiger partial charge in [-0.3, -0.25) is 15.0 Å². The van der Waals surface area contributed by atoms with Crippen molar-refractivity contribution in [1.29, 1.82) is 0 Å². The molecule has 3 aliphatic heterocycles. The Hall–Kier alpha value is -4.55. The summed E-state index contributed by atoms with van der Waals surface area (Å²) in [5.41, 5.74) is 10.1. The molecule has 8 rings (SSSR count). The highest BCUT2D eigenvalue weighted by Crippen LogP contribution is 2.44. The number of allylic oxidation sites excluding steroid dienone is 12. The van der Waals surface area contributed by atoms with Crippen molar-refractivity contribution >= 4 is 29.5 Å². The van der Waals surface area contributed by atoms with Gasteiger partial charge in [0, 0.05) is 58.8 Å². The Bertz CT molecular complexity index is 2590. The molecule has 104 heavy (non-hydrogen) atoms. The van der Waals surface area contributed by atoms with E-state index in [1.54, 1.807) is 28.5 Å². The van der Waals surface area contributed by atoms with E-state index < -0.39 is 0 Å². The van der Waals surface area contributed by atoms with Gasteiger partial charge in [-0.15, -0.1) is 11.3 Å². The number of aliphatic imine (C=N–C) groups is 3. The first-order chi connectivity index (χ1) is 48.4. The number of nitrogens with zero attached hydrogens (tertiary/aromatic N) is 3. The van der Waals surface area contributed by atoms with E-state index in [-0.39, 0.29) is 0 Å². The summed E-state index contributed by atoms with van der Waals surface area (Å²) in [5.74, 6) is 7.55. The smallest absolute Gasteiger partial charge is 0.107 e. The number of thiophene rings is 1. The van der Waals surface area contributed by atoms with Gasteiger partial charge in [0.15, 0.2) is 0 Å². The van der Waals surface area contributed by atoms with E-state index in [0.717, 1.165) is 61.6 Å². The van der Waals surface area contributed by atoms with Gasteiger partial charge in [0.25, 0.3) is 0 Å². The molecule has 592 valence electrons. The predicted octanol–water partition coefficient (Wildman–Crippen LogP) is 32.5. The molecule has 6 heterocycles. The molecule has 3 aromatic heterocycles. The molecule has 2 aliphatic carbocycles. The zero-order valence-electron chi connectivity index (χ0n) is 74.2.